The van der Waals surface area contributed by atoms with Crippen molar-refractivity contribution in [1.82, 2.24) is 19.0 Å². The minimum atomic E-state index is -0.437. The summed E-state index contributed by atoms with van der Waals surface area (Å²) in [5.41, 5.74) is 0.410. The lowest BCUT2D eigenvalue weighted by molar-refractivity contribution is 0.0818. The third-order valence-electron chi connectivity index (χ3n) is 6.09. The van der Waals surface area contributed by atoms with Crippen LogP contribution in [0.25, 0.3) is 11.0 Å². The fourth-order valence-electron chi connectivity index (χ4n) is 4.24. The SMILES string of the molecule is Cn1c(=O)c2cc(C(=O)NC3(Cc4ccc(Cl)cc4Cl)CCC3)n(C)c2n(C)c1=O. The van der Waals surface area contributed by atoms with Crippen molar-refractivity contribution >= 4 is 40.1 Å². The summed E-state index contributed by atoms with van der Waals surface area (Å²) in [4.78, 5) is 38.0. The molecule has 2 aromatic heterocycles. The highest BCUT2D eigenvalue weighted by Gasteiger charge is 2.39. The first kappa shape index (κ1) is 20.8. The highest BCUT2D eigenvalue weighted by atomic mass is 35.5. The Balaban J connectivity index is 1.69. The molecule has 9 heteroatoms. The summed E-state index contributed by atoms with van der Waals surface area (Å²) < 4.78 is 4.01. The summed E-state index contributed by atoms with van der Waals surface area (Å²) in [5.74, 6) is -0.284. The topological polar surface area (TPSA) is 78.0 Å². The minimum absolute atomic E-state index is 0.284. The van der Waals surface area contributed by atoms with Crippen LogP contribution in [0.2, 0.25) is 10.0 Å². The van der Waals surface area contributed by atoms with Gasteiger partial charge >= 0.3 is 5.69 Å². The van der Waals surface area contributed by atoms with Gasteiger partial charge in [-0.2, -0.15) is 0 Å². The largest absolute Gasteiger partial charge is 0.345 e. The van der Waals surface area contributed by atoms with Crippen LogP contribution in [0.3, 0.4) is 0 Å². The lowest BCUT2D eigenvalue weighted by atomic mass is 9.72. The van der Waals surface area contributed by atoms with Crippen LogP contribution in [0.1, 0.15) is 35.3 Å². The van der Waals surface area contributed by atoms with E-state index in [0.717, 1.165) is 29.4 Å². The van der Waals surface area contributed by atoms with Gasteiger partial charge in [-0.1, -0.05) is 29.3 Å². The highest BCUT2D eigenvalue weighted by Crippen LogP contribution is 2.37. The van der Waals surface area contributed by atoms with Crippen molar-refractivity contribution in [3.05, 3.63) is 66.4 Å². The van der Waals surface area contributed by atoms with E-state index in [1.807, 2.05) is 6.07 Å². The Morgan fingerprint density at radius 3 is 2.37 bits per heavy atom. The number of hydrogen-bond acceptors (Lipinski definition) is 3. The monoisotopic (exact) mass is 448 g/mol. The van der Waals surface area contributed by atoms with E-state index in [0.29, 0.717) is 33.2 Å². The van der Waals surface area contributed by atoms with E-state index in [1.165, 1.54) is 11.6 Å². The smallest absolute Gasteiger partial charge is 0.332 e. The van der Waals surface area contributed by atoms with Crippen molar-refractivity contribution in [1.29, 1.82) is 0 Å². The Hall–Kier alpha value is -2.51. The van der Waals surface area contributed by atoms with Gasteiger partial charge in [-0.05, 0) is 49.4 Å². The zero-order valence-corrected chi connectivity index (χ0v) is 18.5. The van der Waals surface area contributed by atoms with Gasteiger partial charge in [0.2, 0.25) is 0 Å². The normalized spacial score (nSPS) is 15.2. The van der Waals surface area contributed by atoms with Gasteiger partial charge in [-0.15, -0.1) is 0 Å². The van der Waals surface area contributed by atoms with Crippen molar-refractivity contribution in [2.24, 2.45) is 21.1 Å². The molecule has 0 atom stereocenters. The predicted molar refractivity (Wildman–Crippen MR) is 118 cm³/mol. The fraction of sp³-hybridized carbons (Fsp3) is 0.381. The molecule has 1 saturated carbocycles. The molecule has 4 rings (SSSR count). The van der Waals surface area contributed by atoms with Gasteiger partial charge in [-0.25, -0.2) is 4.79 Å². The molecule has 0 unspecified atom stereocenters. The first-order chi connectivity index (χ1) is 14.1. The molecule has 3 aromatic rings. The minimum Gasteiger partial charge on any atom is -0.345 e. The van der Waals surface area contributed by atoms with Crippen LogP contribution in [0.5, 0.6) is 0 Å². The zero-order valence-electron chi connectivity index (χ0n) is 17.0. The van der Waals surface area contributed by atoms with Gasteiger partial charge in [-0.3, -0.25) is 18.7 Å². The summed E-state index contributed by atoms with van der Waals surface area (Å²) in [6, 6.07) is 6.92. The molecule has 1 aliphatic carbocycles. The van der Waals surface area contributed by atoms with Gasteiger partial charge in [0.25, 0.3) is 11.5 Å². The maximum Gasteiger partial charge on any atom is 0.332 e. The number of aromatic nitrogens is 3. The molecule has 7 nitrogen and oxygen atoms in total. The molecule has 0 aliphatic heterocycles. The zero-order chi connectivity index (χ0) is 21.8. The van der Waals surface area contributed by atoms with Crippen LogP contribution in [-0.4, -0.2) is 25.1 Å². The highest BCUT2D eigenvalue weighted by molar-refractivity contribution is 6.35. The molecule has 1 fully saturated rings. The average molecular weight is 449 g/mol. The van der Waals surface area contributed by atoms with Crippen LogP contribution in [0.15, 0.2) is 33.9 Å². The molecular weight excluding hydrogens is 427 g/mol. The Kier molecular flexibility index (Phi) is 5.06. The molecule has 0 saturated heterocycles. The molecule has 158 valence electrons. The second-order valence-electron chi connectivity index (χ2n) is 8.03. The number of carbonyl (C=O) groups is 1. The fourth-order valence-corrected chi connectivity index (χ4v) is 4.72. The summed E-state index contributed by atoms with van der Waals surface area (Å²) in [5, 5.41) is 4.63. The second-order valence-corrected chi connectivity index (χ2v) is 8.88. The number of rotatable bonds is 4. The number of aryl methyl sites for hydroxylation is 2. The Labute approximate surface area is 182 Å². The van der Waals surface area contributed by atoms with Gasteiger partial charge in [0, 0.05) is 36.7 Å². The molecule has 1 N–H and O–H groups in total. The molecule has 0 bridgehead atoms. The Bertz CT molecular complexity index is 1300. The second kappa shape index (κ2) is 7.32. The standard InChI is InChI=1S/C21H22Cl2N4O3/c1-25-16(10-14-18(25)26(2)20(30)27(3)19(14)29)17(28)24-21(7-4-8-21)11-12-5-6-13(22)9-15(12)23/h5-6,9-10H,4,7-8,11H2,1-3H3,(H,24,28). The number of carbonyl (C=O) groups excluding carboxylic acids is 1. The number of fused-ring (bicyclic) bond motifs is 1. The maximum atomic E-state index is 13.2. The quantitative estimate of drug-likeness (QED) is 0.666. The number of halogens is 2. The van der Waals surface area contributed by atoms with Crippen molar-refractivity contribution in [2.75, 3.05) is 0 Å². The number of nitrogens with one attached hydrogen (secondary N) is 1. The summed E-state index contributed by atoms with van der Waals surface area (Å²) >= 11 is 12.3. The first-order valence-corrected chi connectivity index (χ1v) is 10.4. The number of amides is 1. The summed E-state index contributed by atoms with van der Waals surface area (Å²) in [6.07, 6.45) is 3.28. The van der Waals surface area contributed by atoms with Gasteiger partial charge < -0.3 is 9.88 Å². The Morgan fingerprint density at radius 2 is 1.77 bits per heavy atom. The van der Waals surface area contributed by atoms with Crippen molar-refractivity contribution in [3.8, 4) is 0 Å². The first-order valence-electron chi connectivity index (χ1n) is 9.65. The van der Waals surface area contributed by atoms with Crippen LogP contribution in [0, 0.1) is 0 Å². The molecule has 30 heavy (non-hydrogen) atoms. The molecular formula is C21H22Cl2N4O3. The lowest BCUT2D eigenvalue weighted by Gasteiger charge is -2.43. The molecule has 2 heterocycles. The maximum absolute atomic E-state index is 13.2. The lowest BCUT2D eigenvalue weighted by Crippen LogP contribution is -2.55. The molecule has 1 aliphatic rings. The van der Waals surface area contributed by atoms with E-state index in [4.69, 9.17) is 23.2 Å². The van der Waals surface area contributed by atoms with Crippen LogP contribution in [0.4, 0.5) is 0 Å². The van der Waals surface area contributed by atoms with Crippen molar-refractivity contribution in [2.45, 2.75) is 31.2 Å². The van der Waals surface area contributed by atoms with E-state index in [1.54, 1.807) is 36.9 Å². The predicted octanol–water partition coefficient (Wildman–Crippen LogP) is 2.78. The van der Waals surface area contributed by atoms with E-state index in [9.17, 15) is 14.4 Å². The average Bonchev–Trinajstić information content (AvgIpc) is 3.02. The van der Waals surface area contributed by atoms with E-state index in [2.05, 4.69) is 5.32 Å². The summed E-state index contributed by atoms with van der Waals surface area (Å²) in [7, 11) is 4.69. The molecule has 1 amide bonds. The van der Waals surface area contributed by atoms with Gasteiger partial charge in [0.05, 0.1) is 5.39 Å². The Morgan fingerprint density at radius 1 is 1.07 bits per heavy atom. The summed E-state index contributed by atoms with van der Waals surface area (Å²) in [6.45, 7) is 0. The van der Waals surface area contributed by atoms with Gasteiger partial charge in [0.15, 0.2) is 0 Å². The van der Waals surface area contributed by atoms with E-state index < -0.39 is 16.8 Å². The third-order valence-corrected chi connectivity index (χ3v) is 6.68. The van der Waals surface area contributed by atoms with Crippen LogP contribution < -0.4 is 16.6 Å². The van der Waals surface area contributed by atoms with Crippen molar-refractivity contribution < 1.29 is 4.79 Å². The number of nitrogens with zero attached hydrogens (tertiary/aromatic N) is 3. The third kappa shape index (κ3) is 3.26. The van der Waals surface area contributed by atoms with Crippen LogP contribution >= 0.6 is 23.2 Å². The van der Waals surface area contributed by atoms with Crippen LogP contribution in [-0.2, 0) is 27.6 Å². The molecule has 0 spiro atoms. The van der Waals surface area contributed by atoms with Gasteiger partial charge in [0.1, 0.15) is 11.3 Å². The van der Waals surface area contributed by atoms with E-state index >= 15 is 0 Å². The van der Waals surface area contributed by atoms with Crippen molar-refractivity contribution in [3.63, 3.8) is 0 Å². The molecule has 1 aromatic carbocycles. The molecule has 0 radical (unpaired) electrons. The number of benzene rings is 1. The number of hydrogen-bond donors (Lipinski definition) is 1. The van der Waals surface area contributed by atoms with E-state index in [-0.39, 0.29) is 5.91 Å².